The van der Waals surface area contributed by atoms with Crippen LogP contribution in [0.2, 0.25) is 0 Å². The average molecular weight is 278 g/mol. The molecule has 0 saturated heterocycles. The summed E-state index contributed by atoms with van der Waals surface area (Å²) >= 11 is 0. The smallest absolute Gasteiger partial charge is 0.0290 e. The number of hydrogen-bond acceptors (Lipinski definition) is 4. The number of unbranched alkanes of at least 4 members (excludes halogenated alkanes) is 3. The first-order chi connectivity index (χ1) is 9.45. The molecule has 0 aromatic heterocycles. The molecule has 0 unspecified atom stereocenters. The van der Waals surface area contributed by atoms with E-state index >= 15 is 0 Å². The molecule has 0 aromatic rings. The molecule has 0 spiro atoms. The van der Waals surface area contributed by atoms with E-state index in [1.165, 1.54) is 0 Å². The van der Waals surface area contributed by atoms with Crippen LogP contribution in [0.5, 0.6) is 0 Å². The predicted molar refractivity (Wildman–Crippen MR) is 88.1 cm³/mol. The van der Waals surface area contributed by atoms with E-state index < -0.39 is 0 Å². The largest absolute Gasteiger partial charge is 0.402 e. The quantitative estimate of drug-likeness (QED) is 0.384. The lowest BCUT2D eigenvalue weighted by atomic mass is 10.1. The third kappa shape index (κ3) is 11.3. The lowest BCUT2D eigenvalue weighted by molar-refractivity contribution is 0.680. The van der Waals surface area contributed by atoms with Crippen LogP contribution in [0.3, 0.4) is 0 Å². The molecule has 0 aliphatic heterocycles. The molecule has 0 rings (SSSR count). The van der Waals surface area contributed by atoms with Gasteiger partial charge in [-0.2, -0.15) is 0 Å². The van der Waals surface area contributed by atoms with Crippen LogP contribution in [-0.2, 0) is 0 Å². The summed E-state index contributed by atoms with van der Waals surface area (Å²) in [7, 11) is 0. The van der Waals surface area contributed by atoms with Crippen molar-refractivity contribution in [1.82, 2.24) is 0 Å². The molecular formula is C16H30N4. The van der Waals surface area contributed by atoms with Gasteiger partial charge in [0.1, 0.15) is 0 Å². The molecule has 8 N–H and O–H groups in total. The maximum absolute atomic E-state index is 5.91. The second-order valence-corrected chi connectivity index (χ2v) is 5.02. The minimum atomic E-state index is 0.731. The van der Waals surface area contributed by atoms with Crippen LogP contribution in [-0.4, -0.2) is 0 Å². The van der Waals surface area contributed by atoms with Crippen molar-refractivity contribution in [1.29, 1.82) is 0 Å². The zero-order valence-corrected chi connectivity index (χ0v) is 12.9. The summed E-state index contributed by atoms with van der Waals surface area (Å²) in [6, 6.07) is 0. The van der Waals surface area contributed by atoms with Gasteiger partial charge >= 0.3 is 0 Å². The molecule has 0 aliphatic carbocycles. The van der Waals surface area contributed by atoms with Crippen molar-refractivity contribution in [3.63, 3.8) is 0 Å². The second-order valence-electron chi connectivity index (χ2n) is 5.02. The number of allylic oxidation sites excluding steroid dienone is 6. The van der Waals surface area contributed by atoms with Gasteiger partial charge in [0.15, 0.2) is 0 Å². The highest BCUT2D eigenvalue weighted by molar-refractivity contribution is 5.19. The molecule has 0 aromatic carbocycles. The van der Waals surface area contributed by atoms with Crippen molar-refractivity contribution in [2.45, 2.75) is 52.4 Å². The molecule has 0 radical (unpaired) electrons. The maximum atomic E-state index is 5.91. The molecule has 0 atom stereocenters. The van der Waals surface area contributed by atoms with Gasteiger partial charge in [-0.3, -0.25) is 0 Å². The second kappa shape index (κ2) is 11.0. The monoisotopic (exact) mass is 278 g/mol. The standard InChI is InChI=1S/C16H30N4/c1-3-8-14(18)12-16(20)10-7-5-4-6-9-15(19)11-13(2)17/h8-9,11-12H,3-7,10,17-20H2,1-2H3. The first-order valence-electron chi connectivity index (χ1n) is 7.26. The van der Waals surface area contributed by atoms with E-state index in [1.54, 1.807) is 6.08 Å². The first-order valence-corrected chi connectivity index (χ1v) is 7.26. The number of rotatable bonds is 9. The van der Waals surface area contributed by atoms with Crippen molar-refractivity contribution in [2.75, 3.05) is 0 Å². The average Bonchev–Trinajstić information content (AvgIpc) is 2.32. The summed E-state index contributed by atoms with van der Waals surface area (Å²) in [5.41, 5.74) is 26.1. The summed E-state index contributed by atoms with van der Waals surface area (Å²) in [6.07, 6.45) is 13.7. The molecule has 0 saturated carbocycles. The van der Waals surface area contributed by atoms with E-state index in [2.05, 4.69) is 6.92 Å². The van der Waals surface area contributed by atoms with E-state index in [4.69, 9.17) is 22.9 Å². The molecule has 114 valence electrons. The molecular weight excluding hydrogens is 248 g/mol. The van der Waals surface area contributed by atoms with Crippen molar-refractivity contribution in [3.8, 4) is 0 Å². The van der Waals surface area contributed by atoms with Gasteiger partial charge in [-0.1, -0.05) is 25.5 Å². The van der Waals surface area contributed by atoms with E-state index in [0.29, 0.717) is 0 Å². The lowest BCUT2D eigenvalue weighted by Gasteiger charge is -2.02. The number of nitrogens with two attached hydrogens (primary N) is 4. The maximum Gasteiger partial charge on any atom is 0.0290 e. The van der Waals surface area contributed by atoms with Crippen LogP contribution in [0.4, 0.5) is 0 Å². The fraction of sp³-hybridized carbons (Fsp3) is 0.500. The van der Waals surface area contributed by atoms with Gasteiger partial charge < -0.3 is 22.9 Å². The van der Waals surface area contributed by atoms with Gasteiger partial charge in [-0.25, -0.2) is 0 Å². The lowest BCUT2D eigenvalue weighted by Crippen LogP contribution is -2.02. The van der Waals surface area contributed by atoms with Gasteiger partial charge in [0, 0.05) is 22.8 Å². The van der Waals surface area contributed by atoms with Gasteiger partial charge in [0.25, 0.3) is 0 Å². The van der Waals surface area contributed by atoms with E-state index in [9.17, 15) is 0 Å². The molecule has 20 heavy (non-hydrogen) atoms. The Kier molecular flexibility index (Phi) is 10.0. The molecule has 0 aliphatic rings. The van der Waals surface area contributed by atoms with Crippen LogP contribution in [0.25, 0.3) is 0 Å². The highest BCUT2D eigenvalue weighted by Crippen LogP contribution is 2.09. The molecule has 0 heterocycles. The molecule has 0 bridgehead atoms. The van der Waals surface area contributed by atoms with E-state index in [-0.39, 0.29) is 0 Å². The van der Waals surface area contributed by atoms with Gasteiger partial charge in [0.2, 0.25) is 0 Å². The topological polar surface area (TPSA) is 104 Å². The Labute approximate surface area is 123 Å². The van der Waals surface area contributed by atoms with Crippen LogP contribution in [0.1, 0.15) is 52.4 Å². The Bertz CT molecular complexity index is 385. The molecule has 0 amide bonds. The van der Waals surface area contributed by atoms with Gasteiger partial charge in [0.05, 0.1) is 0 Å². The van der Waals surface area contributed by atoms with E-state index in [0.717, 1.165) is 61.3 Å². The van der Waals surface area contributed by atoms with Crippen molar-refractivity contribution in [3.05, 3.63) is 47.1 Å². The van der Waals surface area contributed by atoms with Gasteiger partial charge in [-0.15, -0.1) is 0 Å². The Morgan fingerprint density at radius 3 is 2.10 bits per heavy atom. The fourth-order valence-electron chi connectivity index (χ4n) is 1.82. The van der Waals surface area contributed by atoms with Crippen LogP contribution >= 0.6 is 0 Å². The Balaban J connectivity index is 3.83. The van der Waals surface area contributed by atoms with Crippen molar-refractivity contribution < 1.29 is 0 Å². The summed E-state index contributed by atoms with van der Waals surface area (Å²) in [6.45, 7) is 3.88. The Morgan fingerprint density at radius 2 is 1.50 bits per heavy atom. The third-order valence-corrected chi connectivity index (χ3v) is 2.74. The van der Waals surface area contributed by atoms with Crippen molar-refractivity contribution in [2.24, 2.45) is 22.9 Å². The van der Waals surface area contributed by atoms with Crippen LogP contribution in [0.15, 0.2) is 47.1 Å². The SMILES string of the molecule is CCC=C(N)C=C(N)CCCCCC=C(N)C=C(C)N. The van der Waals surface area contributed by atoms with Gasteiger partial charge in [-0.05, 0) is 51.2 Å². The molecule has 4 heteroatoms. The van der Waals surface area contributed by atoms with Crippen LogP contribution < -0.4 is 22.9 Å². The van der Waals surface area contributed by atoms with E-state index in [1.807, 2.05) is 25.2 Å². The summed E-state index contributed by atoms with van der Waals surface area (Å²) in [5.74, 6) is 0. The number of hydrogen-bond donors (Lipinski definition) is 4. The Hall–Kier alpha value is -1.84. The molecule has 4 nitrogen and oxygen atoms in total. The summed E-state index contributed by atoms with van der Waals surface area (Å²) in [5, 5.41) is 0. The summed E-state index contributed by atoms with van der Waals surface area (Å²) < 4.78 is 0. The Morgan fingerprint density at radius 1 is 0.850 bits per heavy atom. The highest BCUT2D eigenvalue weighted by atomic mass is 14.6. The zero-order chi connectivity index (χ0) is 15.4. The minimum absolute atomic E-state index is 0.731. The summed E-state index contributed by atoms with van der Waals surface area (Å²) in [4.78, 5) is 0. The zero-order valence-electron chi connectivity index (χ0n) is 12.9. The minimum Gasteiger partial charge on any atom is -0.402 e. The molecule has 0 fully saturated rings. The van der Waals surface area contributed by atoms with Crippen molar-refractivity contribution >= 4 is 0 Å². The van der Waals surface area contributed by atoms with Crippen LogP contribution in [0, 0.1) is 0 Å². The normalized spacial score (nSPS) is 14.7. The predicted octanol–water partition coefficient (Wildman–Crippen LogP) is 2.74. The first kappa shape index (κ1) is 18.2. The highest BCUT2D eigenvalue weighted by Gasteiger charge is 1.94. The third-order valence-electron chi connectivity index (χ3n) is 2.74. The fourth-order valence-corrected chi connectivity index (χ4v) is 1.82.